The summed E-state index contributed by atoms with van der Waals surface area (Å²) in [6, 6.07) is 2.30. The number of nitrogens with zero attached hydrogens (tertiary/aromatic N) is 3. The molecule has 0 aromatic rings. The first kappa shape index (κ1) is 19.7. The van der Waals surface area contributed by atoms with Crippen LogP contribution >= 0.6 is 0 Å². The van der Waals surface area contributed by atoms with Gasteiger partial charge in [-0.2, -0.15) is 5.26 Å². The summed E-state index contributed by atoms with van der Waals surface area (Å²) in [4.78, 5) is 5.29. The van der Waals surface area contributed by atoms with Crippen LogP contribution in [-0.4, -0.2) is 50.6 Å². The Hall–Kier alpha value is -0.373. The van der Waals surface area contributed by atoms with Gasteiger partial charge in [0.2, 0.25) is 0 Å². The number of hydrogen-bond donors (Lipinski definition) is 0. The van der Waals surface area contributed by atoms with E-state index in [2.05, 4.69) is 35.9 Å². The second kappa shape index (κ2) is 12.1. The number of unbranched alkanes of at least 4 members (excludes halogenated alkanes) is 7. The van der Waals surface area contributed by atoms with Crippen molar-refractivity contribution in [2.24, 2.45) is 0 Å². The Kier molecular flexibility index (Phi) is 10.8. The largest absolute Gasteiger partial charge is 0.290 e. The van der Waals surface area contributed by atoms with Crippen molar-refractivity contribution < 1.29 is 0 Å². The highest BCUT2D eigenvalue weighted by atomic mass is 28.3. The summed E-state index contributed by atoms with van der Waals surface area (Å²) in [5.41, 5.74) is 0. The molecule has 1 rings (SSSR count). The highest BCUT2D eigenvalue weighted by Gasteiger charge is 2.33. The van der Waals surface area contributed by atoms with Crippen LogP contribution < -0.4 is 0 Å². The van der Waals surface area contributed by atoms with E-state index in [4.69, 9.17) is 5.26 Å². The fraction of sp³-hybridized carbons (Fsp3) is 0.944. The van der Waals surface area contributed by atoms with Crippen LogP contribution in [0.15, 0.2) is 0 Å². The monoisotopic (exact) mass is 323 g/mol. The smallest absolute Gasteiger partial charge is 0.0692 e. The first-order valence-electron chi connectivity index (χ1n) is 9.55. The number of nitriles is 1. The van der Waals surface area contributed by atoms with Gasteiger partial charge < -0.3 is 0 Å². The zero-order valence-corrected chi connectivity index (χ0v) is 16.3. The van der Waals surface area contributed by atoms with Crippen molar-refractivity contribution in [2.45, 2.75) is 83.6 Å². The molecule has 3 nitrogen and oxygen atoms in total. The predicted molar refractivity (Wildman–Crippen MR) is 98.7 cm³/mol. The lowest BCUT2D eigenvalue weighted by Gasteiger charge is -2.32. The molecule has 1 heterocycles. The molecule has 0 radical (unpaired) electrons. The van der Waals surface area contributed by atoms with Crippen molar-refractivity contribution in [1.82, 2.24) is 9.80 Å². The molecule has 0 spiro atoms. The molecule has 4 heteroatoms. The average Bonchev–Trinajstić information content (AvgIpc) is 2.91. The Morgan fingerprint density at radius 3 is 2.00 bits per heavy atom. The van der Waals surface area contributed by atoms with Crippen LogP contribution in [0.3, 0.4) is 0 Å². The second-order valence-electron chi connectivity index (χ2n) is 7.11. The minimum absolute atomic E-state index is 0.684. The van der Waals surface area contributed by atoms with Gasteiger partial charge in [0, 0.05) is 31.8 Å². The molecule has 1 saturated heterocycles. The lowest BCUT2D eigenvalue weighted by atomic mass is 10.1. The van der Waals surface area contributed by atoms with Gasteiger partial charge in [0.1, 0.15) is 0 Å². The Morgan fingerprint density at radius 1 is 0.909 bits per heavy atom. The van der Waals surface area contributed by atoms with E-state index in [0.717, 1.165) is 6.54 Å². The fourth-order valence-corrected chi connectivity index (χ4v) is 6.01. The van der Waals surface area contributed by atoms with E-state index < -0.39 is 8.80 Å². The molecular formula is C18H37N3Si. The molecule has 0 N–H and O–H groups in total. The van der Waals surface area contributed by atoms with Crippen molar-refractivity contribution in [3.05, 3.63) is 0 Å². The predicted octanol–water partition coefficient (Wildman–Crippen LogP) is 4.01. The van der Waals surface area contributed by atoms with Crippen LogP contribution in [0.2, 0.25) is 13.1 Å². The summed E-state index contributed by atoms with van der Waals surface area (Å²) in [5, 5.41) is 8.82. The molecule has 0 saturated carbocycles. The maximum Gasteiger partial charge on any atom is 0.0692 e. The van der Waals surface area contributed by atoms with E-state index in [-0.39, 0.29) is 0 Å². The molecule has 0 amide bonds. The molecule has 1 aliphatic rings. The van der Waals surface area contributed by atoms with Gasteiger partial charge in [0.05, 0.1) is 14.9 Å². The zero-order valence-electron chi connectivity index (χ0n) is 15.2. The van der Waals surface area contributed by atoms with E-state index in [1.165, 1.54) is 71.0 Å². The normalized spacial score (nSPS) is 19.9. The zero-order chi connectivity index (χ0) is 16.2. The first-order chi connectivity index (χ1) is 10.7. The molecule has 128 valence electrons. The standard InChI is InChI=1S/C18H37N3Si/c1-4-5-6-7-8-9-10-11-14-20-16-17-21(15-12-13-19)18(20)22(2)3/h18,22H,4-12,14-17H2,1-3H3. The first-order valence-corrected chi connectivity index (χ1v) is 12.5. The van der Waals surface area contributed by atoms with Crippen LogP contribution in [0.5, 0.6) is 0 Å². The van der Waals surface area contributed by atoms with Gasteiger partial charge in [-0.1, -0.05) is 65.0 Å². The summed E-state index contributed by atoms with van der Waals surface area (Å²) in [5.74, 6) is 0.693. The quantitative estimate of drug-likeness (QED) is 0.401. The third-order valence-corrected chi connectivity index (χ3v) is 6.86. The summed E-state index contributed by atoms with van der Waals surface area (Å²) >= 11 is 0. The third kappa shape index (κ3) is 7.26. The highest BCUT2D eigenvalue weighted by Crippen LogP contribution is 2.19. The number of hydrogen-bond acceptors (Lipinski definition) is 3. The van der Waals surface area contributed by atoms with E-state index in [1.807, 2.05) is 0 Å². The highest BCUT2D eigenvalue weighted by molar-refractivity contribution is 6.57. The summed E-state index contributed by atoms with van der Waals surface area (Å²) in [6.45, 7) is 11.8. The van der Waals surface area contributed by atoms with Gasteiger partial charge in [0.25, 0.3) is 0 Å². The topological polar surface area (TPSA) is 30.3 Å². The Labute approximate surface area is 140 Å². The van der Waals surface area contributed by atoms with Gasteiger partial charge in [-0.3, -0.25) is 9.80 Å². The van der Waals surface area contributed by atoms with Crippen LogP contribution in [0, 0.1) is 11.3 Å². The molecule has 1 aliphatic heterocycles. The fourth-order valence-electron chi connectivity index (χ4n) is 3.73. The van der Waals surface area contributed by atoms with Gasteiger partial charge in [-0.25, -0.2) is 0 Å². The van der Waals surface area contributed by atoms with Crippen LogP contribution in [0.1, 0.15) is 64.7 Å². The van der Waals surface area contributed by atoms with E-state index in [0.29, 0.717) is 12.2 Å². The molecule has 0 aliphatic carbocycles. The Balaban J connectivity index is 2.17. The lowest BCUT2D eigenvalue weighted by Crippen LogP contribution is -2.48. The maximum absolute atomic E-state index is 8.82. The average molecular weight is 324 g/mol. The summed E-state index contributed by atoms with van der Waals surface area (Å²) < 4.78 is 0. The molecule has 22 heavy (non-hydrogen) atoms. The number of rotatable bonds is 12. The maximum atomic E-state index is 8.82. The molecule has 0 bridgehead atoms. The summed E-state index contributed by atoms with van der Waals surface area (Å²) in [6.07, 6.45) is 11.9. The minimum Gasteiger partial charge on any atom is -0.290 e. The van der Waals surface area contributed by atoms with Crippen molar-refractivity contribution >= 4 is 8.80 Å². The van der Waals surface area contributed by atoms with Gasteiger partial charge in [-0.05, 0) is 13.0 Å². The molecule has 0 aromatic carbocycles. The third-order valence-electron chi connectivity index (χ3n) is 4.83. The van der Waals surface area contributed by atoms with Crippen LogP contribution in [0.4, 0.5) is 0 Å². The van der Waals surface area contributed by atoms with Crippen molar-refractivity contribution in [2.75, 3.05) is 26.2 Å². The van der Waals surface area contributed by atoms with Crippen molar-refractivity contribution in [1.29, 1.82) is 5.26 Å². The Bertz CT molecular complexity index is 314. The molecule has 1 atom stereocenters. The second-order valence-corrected chi connectivity index (χ2v) is 10.2. The molecule has 0 aromatic heterocycles. The molecular weight excluding hydrogens is 286 g/mol. The van der Waals surface area contributed by atoms with Crippen molar-refractivity contribution in [3.63, 3.8) is 0 Å². The van der Waals surface area contributed by atoms with Crippen molar-refractivity contribution in [3.8, 4) is 6.07 Å². The van der Waals surface area contributed by atoms with Gasteiger partial charge in [-0.15, -0.1) is 0 Å². The van der Waals surface area contributed by atoms with E-state index >= 15 is 0 Å². The molecule has 1 unspecified atom stereocenters. The van der Waals surface area contributed by atoms with Crippen LogP contribution in [0.25, 0.3) is 0 Å². The minimum atomic E-state index is -0.717. The Morgan fingerprint density at radius 2 is 1.45 bits per heavy atom. The lowest BCUT2D eigenvalue weighted by molar-refractivity contribution is 0.200. The van der Waals surface area contributed by atoms with E-state index in [9.17, 15) is 0 Å². The SMILES string of the molecule is CCCCCCCCCCN1CCN(CCC#N)C1[SiH](C)C. The summed E-state index contributed by atoms with van der Waals surface area (Å²) in [7, 11) is -0.717. The van der Waals surface area contributed by atoms with Gasteiger partial charge >= 0.3 is 0 Å². The van der Waals surface area contributed by atoms with Crippen LogP contribution in [-0.2, 0) is 0 Å². The van der Waals surface area contributed by atoms with Gasteiger partial charge in [0.15, 0.2) is 0 Å². The van der Waals surface area contributed by atoms with E-state index in [1.54, 1.807) is 0 Å². The molecule has 1 fully saturated rings.